The minimum atomic E-state index is -0.0674. The summed E-state index contributed by atoms with van der Waals surface area (Å²) in [5.41, 5.74) is 2.17. The van der Waals surface area contributed by atoms with E-state index in [9.17, 15) is 4.79 Å². The van der Waals surface area contributed by atoms with Gasteiger partial charge in [0.15, 0.2) is 6.61 Å². The van der Waals surface area contributed by atoms with E-state index in [-0.39, 0.29) is 18.6 Å². The largest absolute Gasteiger partial charge is 0.466 e. The lowest BCUT2D eigenvalue weighted by Gasteiger charge is -2.22. The molecule has 1 atom stereocenters. The number of para-hydroxylation sites is 1. The quantitative estimate of drug-likeness (QED) is 0.745. The topological polar surface area (TPSA) is 55.3 Å². The molecule has 0 spiro atoms. The van der Waals surface area contributed by atoms with Gasteiger partial charge in [-0.05, 0) is 31.0 Å². The summed E-state index contributed by atoms with van der Waals surface area (Å²) in [5, 5.41) is 9.76. The monoisotopic (exact) mass is 319 g/mol. The van der Waals surface area contributed by atoms with Gasteiger partial charge in [-0.1, -0.05) is 36.4 Å². The number of amides is 1. The number of carbonyl (C=O) groups is 1. The Morgan fingerprint density at radius 3 is 2.92 bits per heavy atom. The van der Waals surface area contributed by atoms with Crippen molar-refractivity contribution in [3.8, 4) is 5.88 Å². The molecule has 120 valence electrons. The molecular weight excluding hydrogens is 302 g/mol. The van der Waals surface area contributed by atoms with Crippen molar-refractivity contribution in [1.29, 1.82) is 0 Å². The van der Waals surface area contributed by atoms with Gasteiger partial charge in [-0.25, -0.2) is 0 Å². The number of hydrogen-bond acceptors (Lipinski definition) is 4. The van der Waals surface area contributed by atoms with Crippen LogP contribution in [0.3, 0.4) is 0 Å². The van der Waals surface area contributed by atoms with Gasteiger partial charge in [0, 0.05) is 22.5 Å². The third-order valence-corrected chi connectivity index (χ3v) is 4.34. The second-order valence-corrected chi connectivity index (χ2v) is 5.97. The molecule has 0 N–H and O–H groups in total. The fraction of sp³-hybridized carbons (Fsp3) is 0.211. The SMILES string of the molecule is CC1Cc2ccccc2N1C(=O)COc1nncc2ccccc12. The molecule has 0 fully saturated rings. The standard InChI is InChI=1S/C19H17N3O2/c1-13-10-14-6-3-5-9-17(14)22(13)18(23)12-24-19-16-8-4-2-7-15(16)11-20-21-19/h2-9,11,13H,10,12H2,1H3. The van der Waals surface area contributed by atoms with Crippen molar-refractivity contribution in [1.82, 2.24) is 10.2 Å². The van der Waals surface area contributed by atoms with E-state index in [2.05, 4.69) is 23.2 Å². The van der Waals surface area contributed by atoms with Gasteiger partial charge in [-0.15, -0.1) is 5.10 Å². The fourth-order valence-electron chi connectivity index (χ4n) is 3.25. The molecule has 1 unspecified atom stereocenters. The van der Waals surface area contributed by atoms with Gasteiger partial charge in [0.05, 0.1) is 6.20 Å². The molecule has 24 heavy (non-hydrogen) atoms. The van der Waals surface area contributed by atoms with Crippen molar-refractivity contribution in [2.24, 2.45) is 0 Å². The molecule has 2 aromatic carbocycles. The summed E-state index contributed by atoms with van der Waals surface area (Å²) < 4.78 is 5.69. The van der Waals surface area contributed by atoms with Gasteiger partial charge < -0.3 is 9.64 Å². The molecule has 0 saturated carbocycles. The molecule has 5 heteroatoms. The van der Waals surface area contributed by atoms with E-state index in [0.29, 0.717) is 5.88 Å². The Morgan fingerprint density at radius 2 is 2.00 bits per heavy atom. The second kappa shape index (κ2) is 5.92. The maximum atomic E-state index is 12.7. The average Bonchev–Trinajstić information content (AvgIpc) is 2.95. The lowest BCUT2D eigenvalue weighted by atomic mass is 10.1. The van der Waals surface area contributed by atoms with Crippen LogP contribution in [0.5, 0.6) is 5.88 Å². The Balaban J connectivity index is 1.55. The Bertz CT molecular complexity index is 905. The molecule has 3 aromatic rings. The highest BCUT2D eigenvalue weighted by Crippen LogP contribution is 2.32. The summed E-state index contributed by atoms with van der Waals surface area (Å²) in [7, 11) is 0. The van der Waals surface area contributed by atoms with E-state index in [1.807, 2.05) is 47.4 Å². The molecule has 5 nitrogen and oxygen atoms in total. The number of ether oxygens (including phenoxy) is 1. The zero-order chi connectivity index (χ0) is 16.5. The Kier molecular flexibility index (Phi) is 3.61. The molecule has 1 aromatic heterocycles. The molecule has 1 aliphatic heterocycles. The predicted molar refractivity (Wildman–Crippen MR) is 92.1 cm³/mol. The van der Waals surface area contributed by atoms with Crippen molar-refractivity contribution < 1.29 is 9.53 Å². The van der Waals surface area contributed by atoms with Gasteiger partial charge >= 0.3 is 0 Å². The van der Waals surface area contributed by atoms with Gasteiger partial charge in [0.25, 0.3) is 5.91 Å². The average molecular weight is 319 g/mol. The molecule has 1 amide bonds. The van der Waals surface area contributed by atoms with E-state index < -0.39 is 0 Å². The number of carbonyl (C=O) groups excluding carboxylic acids is 1. The summed E-state index contributed by atoms with van der Waals surface area (Å²) in [4.78, 5) is 14.5. The Hall–Kier alpha value is -2.95. The number of nitrogens with zero attached hydrogens (tertiary/aromatic N) is 3. The number of hydrogen-bond donors (Lipinski definition) is 0. The maximum absolute atomic E-state index is 12.7. The predicted octanol–water partition coefficient (Wildman–Crippen LogP) is 2.99. The third-order valence-electron chi connectivity index (χ3n) is 4.34. The summed E-state index contributed by atoms with van der Waals surface area (Å²) >= 11 is 0. The van der Waals surface area contributed by atoms with Gasteiger partial charge in [-0.3, -0.25) is 4.79 Å². The lowest BCUT2D eigenvalue weighted by Crippen LogP contribution is -2.39. The molecule has 0 saturated heterocycles. The first kappa shape index (κ1) is 14.6. The van der Waals surface area contributed by atoms with Crippen LogP contribution in [-0.4, -0.2) is 28.8 Å². The smallest absolute Gasteiger partial charge is 0.265 e. The number of anilines is 1. The van der Waals surface area contributed by atoms with E-state index in [0.717, 1.165) is 22.9 Å². The van der Waals surface area contributed by atoms with Crippen molar-refractivity contribution in [2.45, 2.75) is 19.4 Å². The third kappa shape index (κ3) is 2.48. The van der Waals surface area contributed by atoms with Crippen LogP contribution in [0.1, 0.15) is 12.5 Å². The number of benzene rings is 2. The van der Waals surface area contributed by atoms with Crippen LogP contribution >= 0.6 is 0 Å². The highest BCUT2D eigenvalue weighted by Gasteiger charge is 2.30. The molecule has 4 rings (SSSR count). The van der Waals surface area contributed by atoms with Crippen LogP contribution in [0.25, 0.3) is 10.8 Å². The molecule has 0 radical (unpaired) electrons. The minimum absolute atomic E-state index is 0.0542. The Labute approximate surface area is 139 Å². The summed E-state index contributed by atoms with van der Waals surface area (Å²) in [6, 6.07) is 15.8. The molecule has 0 bridgehead atoms. The van der Waals surface area contributed by atoms with Crippen LogP contribution in [0, 0.1) is 0 Å². The minimum Gasteiger partial charge on any atom is -0.466 e. The van der Waals surface area contributed by atoms with Gasteiger partial charge in [0.1, 0.15) is 0 Å². The number of rotatable bonds is 3. The zero-order valence-electron chi connectivity index (χ0n) is 13.3. The van der Waals surface area contributed by atoms with Crippen LogP contribution in [0.4, 0.5) is 5.69 Å². The van der Waals surface area contributed by atoms with E-state index in [1.54, 1.807) is 6.20 Å². The van der Waals surface area contributed by atoms with Crippen LogP contribution in [-0.2, 0) is 11.2 Å². The summed E-state index contributed by atoms with van der Waals surface area (Å²) in [5.74, 6) is 0.323. The van der Waals surface area contributed by atoms with Crippen molar-refractivity contribution in [3.05, 3.63) is 60.3 Å². The number of fused-ring (bicyclic) bond motifs is 2. The highest BCUT2D eigenvalue weighted by molar-refractivity contribution is 5.97. The van der Waals surface area contributed by atoms with E-state index in [4.69, 9.17) is 4.74 Å². The first-order valence-electron chi connectivity index (χ1n) is 7.97. The molecule has 0 aliphatic carbocycles. The van der Waals surface area contributed by atoms with Crippen LogP contribution < -0.4 is 9.64 Å². The van der Waals surface area contributed by atoms with Crippen molar-refractivity contribution in [2.75, 3.05) is 11.5 Å². The first-order valence-corrected chi connectivity index (χ1v) is 7.97. The lowest BCUT2D eigenvalue weighted by molar-refractivity contribution is -0.120. The summed E-state index contributed by atoms with van der Waals surface area (Å²) in [6.07, 6.45) is 2.55. The zero-order valence-corrected chi connectivity index (χ0v) is 13.3. The Morgan fingerprint density at radius 1 is 1.21 bits per heavy atom. The van der Waals surface area contributed by atoms with Crippen LogP contribution in [0.15, 0.2) is 54.7 Å². The van der Waals surface area contributed by atoms with Crippen molar-refractivity contribution >= 4 is 22.4 Å². The van der Waals surface area contributed by atoms with Crippen LogP contribution in [0.2, 0.25) is 0 Å². The highest BCUT2D eigenvalue weighted by atomic mass is 16.5. The van der Waals surface area contributed by atoms with E-state index >= 15 is 0 Å². The van der Waals surface area contributed by atoms with E-state index in [1.165, 1.54) is 5.56 Å². The maximum Gasteiger partial charge on any atom is 0.265 e. The first-order chi connectivity index (χ1) is 11.7. The molecular formula is C19H17N3O2. The van der Waals surface area contributed by atoms with Gasteiger partial charge in [-0.2, -0.15) is 5.10 Å². The number of aromatic nitrogens is 2. The molecule has 1 aliphatic rings. The van der Waals surface area contributed by atoms with Crippen molar-refractivity contribution in [3.63, 3.8) is 0 Å². The second-order valence-electron chi connectivity index (χ2n) is 5.97. The fourth-order valence-corrected chi connectivity index (χ4v) is 3.25. The van der Waals surface area contributed by atoms with Gasteiger partial charge in [0.2, 0.25) is 5.88 Å². The summed E-state index contributed by atoms with van der Waals surface area (Å²) in [6.45, 7) is 2.00. The normalized spacial score (nSPS) is 16.2. The molecule has 2 heterocycles.